The van der Waals surface area contributed by atoms with Crippen molar-refractivity contribution in [1.82, 2.24) is 10.3 Å². The van der Waals surface area contributed by atoms with Crippen LogP contribution in [0.1, 0.15) is 5.69 Å². The molecule has 1 aromatic carbocycles. The smallest absolute Gasteiger partial charge is 0.168 e. The standard InChI is InChI=1S/C9H7ClN2OS/c1-6-9(12-13-11-6)14-8-4-2-7(10)3-5-8/h2-5H,1H3. The summed E-state index contributed by atoms with van der Waals surface area (Å²) in [4.78, 5) is 1.06. The monoisotopic (exact) mass is 226 g/mol. The zero-order valence-electron chi connectivity index (χ0n) is 7.40. The molecule has 5 heteroatoms. The molecule has 0 amide bonds. The van der Waals surface area contributed by atoms with E-state index in [0.29, 0.717) is 0 Å². The Morgan fingerprint density at radius 2 is 1.93 bits per heavy atom. The van der Waals surface area contributed by atoms with E-state index in [1.54, 1.807) is 0 Å². The fraction of sp³-hybridized carbons (Fsp3) is 0.111. The number of rotatable bonds is 2. The molecule has 1 aromatic heterocycles. The first-order valence-electron chi connectivity index (χ1n) is 3.98. The molecule has 0 unspecified atom stereocenters. The third-order valence-electron chi connectivity index (χ3n) is 1.64. The highest BCUT2D eigenvalue weighted by Gasteiger charge is 2.06. The third-order valence-corrected chi connectivity index (χ3v) is 2.96. The van der Waals surface area contributed by atoms with Gasteiger partial charge in [-0.05, 0) is 36.3 Å². The number of benzene rings is 1. The van der Waals surface area contributed by atoms with Crippen molar-refractivity contribution in [3.05, 3.63) is 35.0 Å². The van der Waals surface area contributed by atoms with Gasteiger partial charge < -0.3 is 0 Å². The Hall–Kier alpha value is -1.00. The molecule has 0 fully saturated rings. The minimum absolute atomic E-state index is 0.726. The van der Waals surface area contributed by atoms with Crippen LogP contribution >= 0.6 is 23.4 Å². The van der Waals surface area contributed by atoms with Crippen LogP contribution in [0.5, 0.6) is 0 Å². The predicted octanol–water partition coefficient (Wildman–Crippen LogP) is 3.18. The summed E-state index contributed by atoms with van der Waals surface area (Å²) in [5, 5.41) is 8.99. The van der Waals surface area contributed by atoms with Gasteiger partial charge in [0.2, 0.25) is 0 Å². The fourth-order valence-electron chi connectivity index (χ4n) is 0.931. The van der Waals surface area contributed by atoms with E-state index in [1.165, 1.54) is 11.8 Å². The Bertz CT molecular complexity index is 427. The fourth-order valence-corrected chi connectivity index (χ4v) is 1.81. The molecule has 0 aliphatic carbocycles. The molecule has 0 radical (unpaired) electrons. The summed E-state index contributed by atoms with van der Waals surface area (Å²) in [5.41, 5.74) is 0.796. The molecule has 0 N–H and O–H groups in total. The maximum Gasteiger partial charge on any atom is 0.168 e. The first-order valence-corrected chi connectivity index (χ1v) is 5.18. The van der Waals surface area contributed by atoms with E-state index < -0.39 is 0 Å². The summed E-state index contributed by atoms with van der Waals surface area (Å²) < 4.78 is 4.59. The van der Waals surface area contributed by atoms with Gasteiger partial charge in [-0.3, -0.25) is 0 Å². The third kappa shape index (κ3) is 2.08. The van der Waals surface area contributed by atoms with Gasteiger partial charge in [-0.15, -0.1) is 0 Å². The molecule has 0 aliphatic rings. The van der Waals surface area contributed by atoms with Crippen molar-refractivity contribution in [3.63, 3.8) is 0 Å². The van der Waals surface area contributed by atoms with Crippen LogP contribution in [-0.2, 0) is 0 Å². The van der Waals surface area contributed by atoms with E-state index in [9.17, 15) is 0 Å². The van der Waals surface area contributed by atoms with Gasteiger partial charge in [-0.2, -0.15) is 0 Å². The zero-order valence-corrected chi connectivity index (χ0v) is 8.97. The number of nitrogens with zero attached hydrogens (tertiary/aromatic N) is 2. The molecule has 0 atom stereocenters. The second kappa shape index (κ2) is 4.02. The lowest BCUT2D eigenvalue weighted by atomic mass is 10.4. The quantitative estimate of drug-likeness (QED) is 0.789. The van der Waals surface area contributed by atoms with E-state index in [-0.39, 0.29) is 0 Å². The summed E-state index contributed by atoms with van der Waals surface area (Å²) in [7, 11) is 0. The van der Waals surface area contributed by atoms with E-state index >= 15 is 0 Å². The first-order chi connectivity index (χ1) is 6.75. The van der Waals surface area contributed by atoms with Crippen LogP contribution in [0.25, 0.3) is 0 Å². The molecule has 2 rings (SSSR count). The first kappa shape index (κ1) is 9.55. The largest absolute Gasteiger partial charge is 0.243 e. The molecule has 14 heavy (non-hydrogen) atoms. The summed E-state index contributed by atoms with van der Waals surface area (Å²) in [5.74, 6) is 0. The van der Waals surface area contributed by atoms with Crippen LogP contribution in [0.3, 0.4) is 0 Å². The van der Waals surface area contributed by atoms with Crippen LogP contribution in [0.15, 0.2) is 38.8 Å². The van der Waals surface area contributed by atoms with Crippen LogP contribution < -0.4 is 0 Å². The molecule has 0 bridgehead atoms. The minimum Gasteiger partial charge on any atom is -0.243 e. The summed E-state index contributed by atoms with van der Waals surface area (Å²) >= 11 is 7.27. The van der Waals surface area contributed by atoms with Crippen LogP contribution in [0.4, 0.5) is 0 Å². The Labute approximate surface area is 90.4 Å². The lowest BCUT2D eigenvalue weighted by molar-refractivity contribution is 0.297. The van der Waals surface area contributed by atoms with Gasteiger partial charge in [0.05, 0.1) is 0 Å². The maximum absolute atomic E-state index is 5.77. The number of hydrogen-bond donors (Lipinski definition) is 0. The van der Waals surface area contributed by atoms with Gasteiger partial charge in [-0.1, -0.05) is 28.5 Å². The molecule has 0 spiro atoms. The van der Waals surface area contributed by atoms with Crippen LogP contribution in [-0.4, -0.2) is 10.3 Å². The van der Waals surface area contributed by atoms with E-state index in [2.05, 4.69) is 14.9 Å². The average Bonchev–Trinajstić information content (AvgIpc) is 2.56. The van der Waals surface area contributed by atoms with Crippen molar-refractivity contribution >= 4 is 23.4 Å². The highest BCUT2D eigenvalue weighted by molar-refractivity contribution is 7.99. The average molecular weight is 227 g/mol. The summed E-state index contributed by atoms with van der Waals surface area (Å²) in [6.45, 7) is 1.86. The normalized spacial score (nSPS) is 10.4. The lowest BCUT2D eigenvalue weighted by Crippen LogP contribution is -1.76. The summed E-state index contributed by atoms with van der Waals surface area (Å²) in [6.07, 6.45) is 0. The van der Waals surface area contributed by atoms with E-state index in [4.69, 9.17) is 11.6 Å². The van der Waals surface area contributed by atoms with Gasteiger partial charge >= 0.3 is 0 Å². The van der Waals surface area contributed by atoms with Crippen molar-refractivity contribution in [2.75, 3.05) is 0 Å². The molecule has 0 saturated carbocycles. The van der Waals surface area contributed by atoms with E-state index in [1.807, 2.05) is 31.2 Å². The number of hydrogen-bond acceptors (Lipinski definition) is 4. The van der Waals surface area contributed by atoms with Crippen molar-refractivity contribution in [2.45, 2.75) is 16.8 Å². The lowest BCUT2D eigenvalue weighted by Gasteiger charge is -1.96. The molecule has 1 heterocycles. The van der Waals surface area contributed by atoms with Crippen molar-refractivity contribution in [1.29, 1.82) is 0 Å². The molecule has 72 valence electrons. The molecular formula is C9H7ClN2OS. The number of aromatic nitrogens is 2. The highest BCUT2D eigenvalue weighted by atomic mass is 35.5. The topological polar surface area (TPSA) is 38.9 Å². The predicted molar refractivity (Wildman–Crippen MR) is 54.6 cm³/mol. The molecule has 0 aliphatic heterocycles. The van der Waals surface area contributed by atoms with Gasteiger partial charge in [0.25, 0.3) is 0 Å². The van der Waals surface area contributed by atoms with E-state index in [0.717, 1.165) is 20.6 Å². The van der Waals surface area contributed by atoms with Gasteiger partial charge in [0.1, 0.15) is 5.69 Å². The molecule has 3 nitrogen and oxygen atoms in total. The Morgan fingerprint density at radius 3 is 2.50 bits per heavy atom. The minimum atomic E-state index is 0.726. The molecule has 0 saturated heterocycles. The molecule has 2 aromatic rings. The second-order valence-electron chi connectivity index (χ2n) is 2.71. The van der Waals surface area contributed by atoms with Gasteiger partial charge in [0, 0.05) is 9.92 Å². The van der Waals surface area contributed by atoms with Crippen molar-refractivity contribution in [3.8, 4) is 0 Å². The molecular weight excluding hydrogens is 220 g/mol. The highest BCUT2D eigenvalue weighted by Crippen LogP contribution is 2.28. The Balaban J connectivity index is 2.19. The summed E-state index contributed by atoms with van der Waals surface area (Å²) in [6, 6.07) is 7.54. The number of halogens is 1. The van der Waals surface area contributed by atoms with Crippen molar-refractivity contribution < 1.29 is 4.63 Å². The van der Waals surface area contributed by atoms with Crippen LogP contribution in [0.2, 0.25) is 5.02 Å². The number of aryl methyl sites for hydroxylation is 1. The van der Waals surface area contributed by atoms with Gasteiger partial charge in [-0.25, -0.2) is 4.63 Å². The SMILES string of the molecule is Cc1nonc1Sc1ccc(Cl)cc1. The zero-order chi connectivity index (χ0) is 9.97. The maximum atomic E-state index is 5.77. The Kier molecular flexibility index (Phi) is 2.74. The van der Waals surface area contributed by atoms with Crippen LogP contribution in [0, 0.1) is 6.92 Å². The van der Waals surface area contributed by atoms with Gasteiger partial charge in [0.15, 0.2) is 5.03 Å². The second-order valence-corrected chi connectivity index (χ2v) is 4.21. The van der Waals surface area contributed by atoms with Crippen molar-refractivity contribution in [2.24, 2.45) is 0 Å². The Morgan fingerprint density at radius 1 is 1.21 bits per heavy atom.